The fourth-order valence-corrected chi connectivity index (χ4v) is 10.3. The van der Waals surface area contributed by atoms with Gasteiger partial charge in [0.25, 0.3) is 0 Å². The molecule has 10 aromatic carbocycles. The van der Waals surface area contributed by atoms with E-state index in [0.29, 0.717) is 0 Å². The fraction of sp³-hybridized carbons (Fsp3) is 0.0476. The quantitative estimate of drug-likeness (QED) is 0.148. The first-order valence-electron chi connectivity index (χ1n) is 22.6. The van der Waals surface area contributed by atoms with E-state index in [2.05, 4.69) is 266 Å². The zero-order valence-electron chi connectivity index (χ0n) is 36.5. The van der Waals surface area contributed by atoms with E-state index >= 15 is 0 Å². The Kier molecular flexibility index (Phi) is 9.21. The molecule has 0 atom stereocenters. The molecule has 1 aliphatic rings. The van der Waals surface area contributed by atoms with E-state index in [-0.39, 0.29) is 5.41 Å². The minimum absolute atomic E-state index is 0.234. The van der Waals surface area contributed by atoms with Gasteiger partial charge in [-0.25, -0.2) is 0 Å². The number of aromatic nitrogens is 1. The van der Waals surface area contributed by atoms with Gasteiger partial charge in [-0.1, -0.05) is 178 Å². The van der Waals surface area contributed by atoms with Crippen molar-refractivity contribution in [1.82, 2.24) is 4.57 Å². The lowest BCUT2D eigenvalue weighted by Gasteiger charge is -2.28. The largest absolute Gasteiger partial charge is 0.310 e. The molecular weight excluding hydrogens is 785 g/mol. The maximum absolute atomic E-state index is 2.43. The molecule has 308 valence electrons. The average Bonchev–Trinajstić information content (AvgIpc) is 3.82. The van der Waals surface area contributed by atoms with Crippen LogP contribution in [0.3, 0.4) is 0 Å². The summed E-state index contributed by atoms with van der Waals surface area (Å²) >= 11 is 0. The van der Waals surface area contributed by atoms with Gasteiger partial charge in [0.2, 0.25) is 0 Å². The molecule has 0 aliphatic heterocycles. The molecule has 1 heterocycles. The number of rotatable bonds is 8. The third-order valence-corrected chi connectivity index (χ3v) is 13.6. The van der Waals surface area contributed by atoms with Crippen LogP contribution in [0.2, 0.25) is 0 Å². The van der Waals surface area contributed by atoms with E-state index in [1.807, 2.05) is 0 Å². The van der Waals surface area contributed by atoms with Crippen LogP contribution in [0.25, 0.3) is 83.1 Å². The number of para-hydroxylation sites is 2. The smallest absolute Gasteiger partial charge is 0.0541 e. The monoisotopic (exact) mass is 830 g/mol. The lowest BCUT2D eigenvalue weighted by molar-refractivity contribution is 0.660. The van der Waals surface area contributed by atoms with Gasteiger partial charge in [0.05, 0.1) is 11.0 Å². The Morgan fingerprint density at radius 3 is 1.17 bits per heavy atom. The van der Waals surface area contributed by atoms with Crippen molar-refractivity contribution in [1.29, 1.82) is 0 Å². The van der Waals surface area contributed by atoms with Crippen LogP contribution in [0.15, 0.2) is 243 Å². The van der Waals surface area contributed by atoms with E-state index in [1.165, 1.54) is 94.3 Å². The molecule has 65 heavy (non-hydrogen) atoms. The second-order valence-corrected chi connectivity index (χ2v) is 17.8. The lowest BCUT2D eigenvalue weighted by atomic mass is 9.82. The van der Waals surface area contributed by atoms with Crippen LogP contribution in [-0.2, 0) is 5.41 Å². The minimum atomic E-state index is -0.234. The SMILES string of the molecule is CC1(C)c2cc(N(c3ccc(-c4ccccc4)cc3)c3ccc(-c4cc(-c5ccccc5)cc(-c5ccccc5)c4)cc3)ccc2-c2ccc(-n3c4ccccc4c4ccccc43)cc21. The van der Waals surface area contributed by atoms with Crippen LogP contribution >= 0.6 is 0 Å². The van der Waals surface area contributed by atoms with Gasteiger partial charge in [-0.15, -0.1) is 0 Å². The zero-order valence-corrected chi connectivity index (χ0v) is 36.5. The van der Waals surface area contributed by atoms with E-state index < -0.39 is 0 Å². The van der Waals surface area contributed by atoms with Crippen molar-refractivity contribution in [3.63, 3.8) is 0 Å². The molecule has 12 rings (SSSR count). The van der Waals surface area contributed by atoms with Crippen LogP contribution in [0.5, 0.6) is 0 Å². The number of nitrogens with zero attached hydrogens (tertiary/aromatic N) is 2. The standard InChI is InChI=1S/C63H46N2/c1-63(2)59-41-53(34-36-55(59)56-37-35-54(42-60(56)63)65-61-24-14-12-22-57(61)58-23-13-15-25-62(58)65)64(51-30-26-46(27-31-51)43-16-6-3-7-17-43)52-32-28-47(29-33-52)50-39-48(44-18-8-4-9-19-44)38-49(40-50)45-20-10-5-11-21-45/h3-42H,1-2H3. The first-order valence-corrected chi connectivity index (χ1v) is 22.6. The molecular formula is C63H46N2. The van der Waals surface area contributed by atoms with Gasteiger partial charge in [0.1, 0.15) is 0 Å². The Hall–Kier alpha value is -8.20. The van der Waals surface area contributed by atoms with Crippen molar-refractivity contribution in [2.75, 3.05) is 4.90 Å². The Balaban J connectivity index is 0.955. The molecule has 0 bridgehead atoms. The summed E-state index contributed by atoms with van der Waals surface area (Å²) in [6.07, 6.45) is 0. The van der Waals surface area contributed by atoms with E-state index in [0.717, 1.165) is 17.1 Å². The van der Waals surface area contributed by atoms with Crippen LogP contribution in [0.1, 0.15) is 25.0 Å². The van der Waals surface area contributed by atoms with Gasteiger partial charge < -0.3 is 9.47 Å². The lowest BCUT2D eigenvalue weighted by Crippen LogP contribution is -2.17. The highest BCUT2D eigenvalue weighted by Gasteiger charge is 2.36. The summed E-state index contributed by atoms with van der Waals surface area (Å²) in [4.78, 5) is 2.41. The first-order chi connectivity index (χ1) is 32.0. The van der Waals surface area contributed by atoms with Crippen LogP contribution in [-0.4, -0.2) is 4.57 Å². The normalized spacial score (nSPS) is 12.6. The summed E-state index contributed by atoms with van der Waals surface area (Å²) in [5, 5.41) is 2.55. The Labute approximate surface area is 381 Å². The fourth-order valence-electron chi connectivity index (χ4n) is 10.3. The predicted molar refractivity (Wildman–Crippen MR) is 275 cm³/mol. The van der Waals surface area contributed by atoms with Crippen molar-refractivity contribution in [3.8, 4) is 61.3 Å². The molecule has 0 radical (unpaired) electrons. The predicted octanol–water partition coefficient (Wildman–Crippen LogP) is 17.2. The molecule has 0 saturated carbocycles. The molecule has 11 aromatic rings. The van der Waals surface area contributed by atoms with Gasteiger partial charge in [0, 0.05) is 38.9 Å². The summed E-state index contributed by atoms with van der Waals surface area (Å²) in [6, 6.07) is 88.8. The third-order valence-electron chi connectivity index (χ3n) is 13.6. The molecule has 1 aromatic heterocycles. The molecule has 0 fully saturated rings. The first kappa shape index (κ1) is 38.5. The summed E-state index contributed by atoms with van der Waals surface area (Å²) in [5.41, 5.74) is 21.6. The minimum Gasteiger partial charge on any atom is -0.310 e. The number of benzene rings is 10. The van der Waals surface area contributed by atoms with Crippen LogP contribution < -0.4 is 4.90 Å². The van der Waals surface area contributed by atoms with Crippen molar-refractivity contribution < 1.29 is 0 Å². The number of hydrogen-bond donors (Lipinski definition) is 0. The highest BCUT2D eigenvalue weighted by molar-refractivity contribution is 6.09. The molecule has 2 heteroatoms. The Morgan fingerprint density at radius 2 is 0.677 bits per heavy atom. The molecule has 0 saturated heterocycles. The highest BCUT2D eigenvalue weighted by atomic mass is 15.1. The van der Waals surface area contributed by atoms with E-state index in [9.17, 15) is 0 Å². The molecule has 0 amide bonds. The van der Waals surface area contributed by atoms with E-state index in [4.69, 9.17) is 0 Å². The van der Waals surface area contributed by atoms with Gasteiger partial charge in [-0.2, -0.15) is 0 Å². The second-order valence-electron chi connectivity index (χ2n) is 17.8. The summed E-state index contributed by atoms with van der Waals surface area (Å²) < 4.78 is 2.43. The van der Waals surface area contributed by atoms with Gasteiger partial charge >= 0.3 is 0 Å². The molecule has 0 N–H and O–H groups in total. The van der Waals surface area contributed by atoms with E-state index in [1.54, 1.807) is 0 Å². The van der Waals surface area contributed by atoms with Crippen LogP contribution in [0, 0.1) is 0 Å². The van der Waals surface area contributed by atoms with Gasteiger partial charge in [-0.05, 0) is 146 Å². The Morgan fingerprint density at radius 1 is 0.308 bits per heavy atom. The summed E-state index contributed by atoms with van der Waals surface area (Å²) in [6.45, 7) is 4.77. The van der Waals surface area contributed by atoms with Gasteiger partial charge in [0.15, 0.2) is 0 Å². The zero-order chi connectivity index (χ0) is 43.5. The van der Waals surface area contributed by atoms with Crippen molar-refractivity contribution >= 4 is 38.9 Å². The van der Waals surface area contributed by atoms with Crippen molar-refractivity contribution in [3.05, 3.63) is 254 Å². The summed E-state index contributed by atoms with van der Waals surface area (Å²) in [5.74, 6) is 0. The third kappa shape index (κ3) is 6.65. The second kappa shape index (κ2) is 15.6. The maximum atomic E-state index is 2.43. The molecule has 1 aliphatic carbocycles. The Bertz CT molecular complexity index is 3420. The molecule has 2 nitrogen and oxygen atoms in total. The summed E-state index contributed by atoms with van der Waals surface area (Å²) in [7, 11) is 0. The van der Waals surface area contributed by atoms with Gasteiger partial charge in [-0.3, -0.25) is 0 Å². The maximum Gasteiger partial charge on any atom is 0.0541 e. The number of hydrogen-bond acceptors (Lipinski definition) is 1. The van der Waals surface area contributed by atoms with Crippen molar-refractivity contribution in [2.45, 2.75) is 19.3 Å². The van der Waals surface area contributed by atoms with Crippen molar-refractivity contribution in [2.24, 2.45) is 0 Å². The number of anilines is 3. The number of fused-ring (bicyclic) bond motifs is 6. The van der Waals surface area contributed by atoms with Crippen LogP contribution in [0.4, 0.5) is 17.1 Å². The molecule has 0 unspecified atom stereocenters. The highest BCUT2D eigenvalue weighted by Crippen LogP contribution is 2.52. The molecule has 0 spiro atoms. The average molecular weight is 831 g/mol. The topological polar surface area (TPSA) is 8.17 Å².